The normalized spacial score (nSPS) is 22.7. The maximum atomic E-state index is 11.6. The van der Waals surface area contributed by atoms with Crippen molar-refractivity contribution in [2.24, 2.45) is 0 Å². The van der Waals surface area contributed by atoms with E-state index in [0.29, 0.717) is 0 Å². The quantitative estimate of drug-likeness (QED) is 0.641. The molecule has 0 aliphatic carbocycles. The van der Waals surface area contributed by atoms with Gasteiger partial charge in [0.15, 0.2) is 0 Å². The largest absolute Gasteiger partial charge is 0.358 e. The Kier molecular flexibility index (Phi) is 5.65. The van der Waals surface area contributed by atoms with Crippen LogP contribution in [-0.2, 0) is 4.79 Å². The number of piperidine rings is 1. The highest BCUT2D eigenvalue weighted by molar-refractivity contribution is 5.81. The monoisotopic (exact) mass is 213 g/mol. The van der Waals surface area contributed by atoms with Gasteiger partial charge >= 0.3 is 0 Å². The van der Waals surface area contributed by atoms with E-state index in [1.807, 2.05) is 7.05 Å². The summed E-state index contributed by atoms with van der Waals surface area (Å²) in [6.45, 7) is 3.12. The third-order valence-electron chi connectivity index (χ3n) is 3.03. The minimum atomic E-state index is 0.112. The molecule has 0 spiro atoms. The van der Waals surface area contributed by atoms with E-state index < -0.39 is 0 Å². The molecule has 0 radical (unpaired) electrons. The fourth-order valence-electron chi connectivity index (χ4n) is 2.18. The fourth-order valence-corrected chi connectivity index (χ4v) is 2.18. The predicted octanol–water partition coefficient (Wildman–Crippen LogP) is 0.196. The van der Waals surface area contributed by atoms with E-state index in [-0.39, 0.29) is 11.9 Å². The summed E-state index contributed by atoms with van der Waals surface area (Å²) in [5.74, 6) is 0.180. The van der Waals surface area contributed by atoms with Crippen molar-refractivity contribution in [1.82, 2.24) is 15.5 Å². The third kappa shape index (κ3) is 3.80. The number of amides is 1. The van der Waals surface area contributed by atoms with Crippen LogP contribution in [0.2, 0.25) is 0 Å². The van der Waals surface area contributed by atoms with Crippen LogP contribution in [0.3, 0.4) is 0 Å². The van der Waals surface area contributed by atoms with Crippen molar-refractivity contribution in [1.29, 1.82) is 0 Å². The summed E-state index contributed by atoms with van der Waals surface area (Å²) >= 11 is 0. The zero-order chi connectivity index (χ0) is 11.1. The molecule has 1 aliphatic rings. The first-order chi connectivity index (χ1) is 7.29. The lowest BCUT2D eigenvalue weighted by Crippen LogP contribution is -2.49. The molecule has 1 rings (SSSR count). The molecule has 0 aromatic rings. The van der Waals surface area contributed by atoms with Crippen molar-refractivity contribution in [3.63, 3.8) is 0 Å². The summed E-state index contributed by atoms with van der Waals surface area (Å²) in [5, 5.41) is 5.90. The van der Waals surface area contributed by atoms with Gasteiger partial charge in [0.25, 0.3) is 0 Å². The van der Waals surface area contributed by atoms with E-state index in [1.165, 1.54) is 12.8 Å². The Bertz CT molecular complexity index is 196. The van der Waals surface area contributed by atoms with Crippen molar-refractivity contribution in [2.75, 3.05) is 33.7 Å². The van der Waals surface area contributed by atoms with Crippen molar-refractivity contribution in [3.8, 4) is 0 Å². The molecule has 0 saturated carbocycles. The second-order valence-electron chi connectivity index (χ2n) is 4.12. The zero-order valence-electron chi connectivity index (χ0n) is 9.88. The van der Waals surface area contributed by atoms with E-state index in [1.54, 1.807) is 7.05 Å². The van der Waals surface area contributed by atoms with Gasteiger partial charge in [-0.15, -0.1) is 0 Å². The maximum absolute atomic E-state index is 11.6. The summed E-state index contributed by atoms with van der Waals surface area (Å²) < 4.78 is 0. The van der Waals surface area contributed by atoms with Gasteiger partial charge in [-0.25, -0.2) is 0 Å². The number of carbonyl (C=O) groups excluding carboxylic acids is 1. The number of nitrogens with zero attached hydrogens (tertiary/aromatic N) is 1. The molecule has 1 heterocycles. The smallest absolute Gasteiger partial charge is 0.237 e. The van der Waals surface area contributed by atoms with Crippen LogP contribution in [0.15, 0.2) is 0 Å². The van der Waals surface area contributed by atoms with Gasteiger partial charge in [-0.3, -0.25) is 9.69 Å². The highest BCUT2D eigenvalue weighted by atomic mass is 16.2. The summed E-state index contributed by atoms with van der Waals surface area (Å²) in [5.41, 5.74) is 0. The zero-order valence-corrected chi connectivity index (χ0v) is 9.88. The number of likely N-dealkylation sites (tertiary alicyclic amines) is 1. The molecular formula is C11H23N3O. The Hall–Kier alpha value is -0.610. The number of likely N-dealkylation sites (N-methyl/N-ethyl adjacent to an activating group) is 1. The molecule has 1 atom stereocenters. The summed E-state index contributed by atoms with van der Waals surface area (Å²) in [6, 6.07) is 0.112. The fraction of sp³-hybridized carbons (Fsp3) is 0.909. The van der Waals surface area contributed by atoms with Crippen molar-refractivity contribution in [3.05, 3.63) is 0 Å². The maximum Gasteiger partial charge on any atom is 0.237 e. The van der Waals surface area contributed by atoms with Gasteiger partial charge in [0.2, 0.25) is 5.91 Å². The van der Waals surface area contributed by atoms with E-state index in [0.717, 1.165) is 32.5 Å². The van der Waals surface area contributed by atoms with Gasteiger partial charge in [0.1, 0.15) is 0 Å². The first kappa shape index (κ1) is 12.5. The molecule has 1 aliphatic heterocycles. The van der Waals surface area contributed by atoms with E-state index in [4.69, 9.17) is 0 Å². The lowest BCUT2D eigenvalue weighted by Gasteiger charge is -2.34. The number of rotatable bonds is 5. The molecule has 0 aromatic carbocycles. The lowest BCUT2D eigenvalue weighted by atomic mass is 10.0. The Balaban J connectivity index is 2.39. The third-order valence-corrected chi connectivity index (χ3v) is 3.03. The van der Waals surface area contributed by atoms with Crippen molar-refractivity contribution >= 4 is 5.91 Å². The second kappa shape index (κ2) is 6.80. The van der Waals surface area contributed by atoms with Crippen LogP contribution >= 0.6 is 0 Å². The van der Waals surface area contributed by atoms with Crippen LogP contribution in [0, 0.1) is 0 Å². The van der Waals surface area contributed by atoms with Crippen LogP contribution in [-0.4, -0.2) is 50.6 Å². The van der Waals surface area contributed by atoms with Crippen LogP contribution in [0.25, 0.3) is 0 Å². The Morgan fingerprint density at radius 1 is 1.40 bits per heavy atom. The van der Waals surface area contributed by atoms with Crippen molar-refractivity contribution in [2.45, 2.75) is 31.7 Å². The molecular weight excluding hydrogens is 190 g/mol. The number of hydrogen-bond acceptors (Lipinski definition) is 3. The van der Waals surface area contributed by atoms with E-state index in [9.17, 15) is 4.79 Å². The highest BCUT2D eigenvalue weighted by Gasteiger charge is 2.26. The molecule has 1 unspecified atom stereocenters. The average Bonchev–Trinajstić information content (AvgIpc) is 2.29. The summed E-state index contributed by atoms with van der Waals surface area (Å²) in [7, 11) is 3.69. The number of hydrogen-bond donors (Lipinski definition) is 2. The molecule has 1 saturated heterocycles. The van der Waals surface area contributed by atoms with Gasteiger partial charge in [-0.1, -0.05) is 6.42 Å². The Labute approximate surface area is 92.4 Å². The molecule has 0 bridgehead atoms. The van der Waals surface area contributed by atoms with Crippen molar-refractivity contribution < 1.29 is 4.79 Å². The molecule has 0 aromatic heterocycles. The SMILES string of the molecule is CNCCCN1CCCCC1C(=O)NC. The highest BCUT2D eigenvalue weighted by Crippen LogP contribution is 2.17. The average molecular weight is 213 g/mol. The van der Waals surface area contributed by atoms with Crippen LogP contribution < -0.4 is 10.6 Å². The first-order valence-corrected chi connectivity index (χ1v) is 5.90. The number of carbonyl (C=O) groups is 1. The van der Waals surface area contributed by atoms with Gasteiger partial charge in [0, 0.05) is 13.6 Å². The molecule has 15 heavy (non-hydrogen) atoms. The summed E-state index contributed by atoms with van der Waals surface area (Å²) in [4.78, 5) is 14.0. The van der Waals surface area contributed by atoms with E-state index in [2.05, 4.69) is 15.5 Å². The van der Waals surface area contributed by atoms with Gasteiger partial charge in [0.05, 0.1) is 6.04 Å². The van der Waals surface area contributed by atoms with Crippen LogP contribution in [0.5, 0.6) is 0 Å². The summed E-state index contributed by atoms with van der Waals surface area (Å²) in [6.07, 6.45) is 4.54. The Morgan fingerprint density at radius 3 is 2.87 bits per heavy atom. The molecule has 88 valence electrons. The topological polar surface area (TPSA) is 44.4 Å². The first-order valence-electron chi connectivity index (χ1n) is 5.90. The van der Waals surface area contributed by atoms with Gasteiger partial charge in [-0.2, -0.15) is 0 Å². The van der Waals surface area contributed by atoms with Gasteiger partial charge < -0.3 is 10.6 Å². The van der Waals surface area contributed by atoms with E-state index >= 15 is 0 Å². The Morgan fingerprint density at radius 2 is 2.20 bits per heavy atom. The minimum absolute atomic E-state index is 0.112. The molecule has 4 heteroatoms. The number of nitrogens with one attached hydrogen (secondary N) is 2. The molecule has 4 nitrogen and oxygen atoms in total. The molecule has 2 N–H and O–H groups in total. The minimum Gasteiger partial charge on any atom is -0.358 e. The second-order valence-corrected chi connectivity index (χ2v) is 4.12. The van der Waals surface area contributed by atoms with Crippen LogP contribution in [0.4, 0.5) is 0 Å². The molecule has 1 amide bonds. The lowest BCUT2D eigenvalue weighted by molar-refractivity contribution is -0.127. The predicted molar refractivity (Wildman–Crippen MR) is 61.8 cm³/mol. The van der Waals surface area contributed by atoms with Crippen LogP contribution in [0.1, 0.15) is 25.7 Å². The molecule has 1 fully saturated rings. The van der Waals surface area contributed by atoms with Gasteiger partial charge in [-0.05, 0) is 39.4 Å². The standard InChI is InChI=1S/C11H23N3O/c1-12-7-5-9-14-8-4-3-6-10(14)11(15)13-2/h10,12H,3-9H2,1-2H3,(H,13,15).